The van der Waals surface area contributed by atoms with Crippen LogP contribution in [0.3, 0.4) is 0 Å². The van der Waals surface area contributed by atoms with Crippen molar-refractivity contribution in [3.8, 4) is 0 Å². The average molecular weight is 289 g/mol. The molecule has 1 fully saturated rings. The molecule has 1 aliphatic heterocycles. The van der Waals surface area contributed by atoms with E-state index in [9.17, 15) is 4.79 Å². The molecule has 3 heterocycles. The lowest BCUT2D eigenvalue weighted by Gasteiger charge is -2.18. The van der Waals surface area contributed by atoms with E-state index in [0.29, 0.717) is 18.8 Å². The smallest absolute Gasteiger partial charge is 0.231 e. The molecule has 2 atom stereocenters. The van der Waals surface area contributed by atoms with Crippen LogP contribution >= 0.6 is 0 Å². The van der Waals surface area contributed by atoms with Crippen molar-refractivity contribution in [1.29, 1.82) is 0 Å². The lowest BCUT2D eigenvalue weighted by Crippen LogP contribution is -2.27. The molecule has 0 bridgehead atoms. The Balaban J connectivity index is 1.76. The minimum Gasteiger partial charge on any atom is -0.369 e. The van der Waals surface area contributed by atoms with E-state index in [4.69, 9.17) is 4.74 Å². The van der Waals surface area contributed by atoms with E-state index in [1.165, 1.54) is 0 Å². The highest BCUT2D eigenvalue weighted by Crippen LogP contribution is 2.34. The van der Waals surface area contributed by atoms with Crippen LogP contribution < -0.4 is 5.32 Å². The molecule has 0 aromatic carbocycles. The van der Waals surface area contributed by atoms with E-state index in [2.05, 4.69) is 15.4 Å². The zero-order valence-electron chi connectivity index (χ0n) is 12.2. The summed E-state index contributed by atoms with van der Waals surface area (Å²) in [5.41, 5.74) is 0. The standard InChI is InChI=1S/C14H19N5O2/c1-3-19-8-6-15-13(19)12-10(5-9-21-12)14(20)16-11-4-7-18(2)17-11/h4,6-8,10,12H,3,5,9H2,1-2H3,(H,16,17,20)/t10-,12-/m1/s1. The molecule has 1 saturated heterocycles. The molecule has 7 nitrogen and oxygen atoms in total. The van der Waals surface area contributed by atoms with Crippen molar-refractivity contribution < 1.29 is 9.53 Å². The highest BCUT2D eigenvalue weighted by atomic mass is 16.5. The van der Waals surface area contributed by atoms with Crippen LogP contribution in [0.5, 0.6) is 0 Å². The number of hydrogen-bond donors (Lipinski definition) is 1. The first-order chi connectivity index (χ1) is 10.2. The number of amides is 1. The number of carbonyl (C=O) groups excluding carboxylic acids is 1. The third-order valence-corrected chi connectivity index (χ3v) is 3.74. The topological polar surface area (TPSA) is 74.0 Å². The number of nitrogens with zero attached hydrogens (tertiary/aromatic N) is 4. The van der Waals surface area contributed by atoms with Gasteiger partial charge < -0.3 is 14.6 Å². The van der Waals surface area contributed by atoms with Crippen LogP contribution in [-0.4, -0.2) is 31.8 Å². The fraction of sp³-hybridized carbons (Fsp3) is 0.500. The van der Waals surface area contributed by atoms with Gasteiger partial charge in [0.15, 0.2) is 5.82 Å². The summed E-state index contributed by atoms with van der Waals surface area (Å²) in [5, 5.41) is 7.01. The van der Waals surface area contributed by atoms with Crippen LogP contribution in [0.25, 0.3) is 0 Å². The number of rotatable bonds is 4. The Kier molecular flexibility index (Phi) is 3.74. The lowest BCUT2D eigenvalue weighted by molar-refractivity contribution is -0.121. The van der Waals surface area contributed by atoms with Crippen molar-refractivity contribution >= 4 is 11.7 Å². The normalized spacial score (nSPS) is 21.6. The van der Waals surface area contributed by atoms with Crippen LogP contribution in [0.2, 0.25) is 0 Å². The summed E-state index contributed by atoms with van der Waals surface area (Å²) in [5.74, 6) is 1.07. The first kappa shape index (κ1) is 13.8. The maximum atomic E-state index is 12.5. The van der Waals surface area contributed by atoms with Crippen LogP contribution in [0, 0.1) is 5.92 Å². The van der Waals surface area contributed by atoms with Crippen molar-refractivity contribution in [3.05, 3.63) is 30.5 Å². The van der Waals surface area contributed by atoms with Gasteiger partial charge in [-0.25, -0.2) is 4.98 Å². The van der Waals surface area contributed by atoms with E-state index in [0.717, 1.165) is 12.4 Å². The largest absolute Gasteiger partial charge is 0.369 e. The second-order valence-corrected chi connectivity index (χ2v) is 5.12. The first-order valence-corrected chi connectivity index (χ1v) is 7.12. The molecule has 0 unspecified atom stereocenters. The molecule has 7 heteroatoms. The summed E-state index contributed by atoms with van der Waals surface area (Å²) in [6.07, 6.45) is 5.85. The Morgan fingerprint density at radius 1 is 1.52 bits per heavy atom. The predicted octanol–water partition coefficient (Wildman–Crippen LogP) is 1.35. The van der Waals surface area contributed by atoms with E-state index in [1.54, 1.807) is 23.1 Å². The number of imidazole rings is 1. The summed E-state index contributed by atoms with van der Waals surface area (Å²) in [4.78, 5) is 16.8. The van der Waals surface area contributed by atoms with Gasteiger partial charge >= 0.3 is 0 Å². The monoisotopic (exact) mass is 289 g/mol. The SMILES string of the molecule is CCn1ccnc1[C@@H]1OCC[C@H]1C(=O)Nc1ccn(C)n1. The Labute approximate surface area is 122 Å². The van der Waals surface area contributed by atoms with E-state index in [-0.39, 0.29) is 17.9 Å². The molecule has 0 aliphatic carbocycles. The number of hydrogen-bond acceptors (Lipinski definition) is 4. The number of anilines is 1. The first-order valence-electron chi connectivity index (χ1n) is 7.12. The molecule has 2 aromatic heterocycles. The molecule has 21 heavy (non-hydrogen) atoms. The second-order valence-electron chi connectivity index (χ2n) is 5.12. The van der Waals surface area contributed by atoms with E-state index in [1.807, 2.05) is 24.7 Å². The molecular formula is C14H19N5O2. The third kappa shape index (κ3) is 2.69. The van der Waals surface area contributed by atoms with Gasteiger partial charge in [-0.2, -0.15) is 5.10 Å². The van der Waals surface area contributed by atoms with Crippen LogP contribution in [0.1, 0.15) is 25.3 Å². The van der Waals surface area contributed by atoms with Crippen LogP contribution in [-0.2, 0) is 23.1 Å². The fourth-order valence-corrected chi connectivity index (χ4v) is 2.66. The molecule has 0 radical (unpaired) electrons. The number of aromatic nitrogens is 4. The van der Waals surface area contributed by atoms with Crippen LogP contribution in [0.15, 0.2) is 24.7 Å². The van der Waals surface area contributed by atoms with Crippen molar-refractivity contribution in [2.75, 3.05) is 11.9 Å². The molecule has 3 rings (SSSR count). The summed E-state index contributed by atoms with van der Waals surface area (Å²) >= 11 is 0. The highest BCUT2D eigenvalue weighted by molar-refractivity contribution is 5.92. The summed E-state index contributed by atoms with van der Waals surface area (Å²) in [6, 6.07) is 1.77. The minimum absolute atomic E-state index is 0.0677. The highest BCUT2D eigenvalue weighted by Gasteiger charge is 2.37. The molecule has 1 N–H and O–H groups in total. The van der Waals surface area contributed by atoms with Gasteiger partial charge in [0.05, 0.1) is 5.92 Å². The Bertz CT molecular complexity index is 633. The summed E-state index contributed by atoms with van der Waals surface area (Å²) < 4.78 is 9.41. The zero-order valence-corrected chi connectivity index (χ0v) is 12.2. The van der Waals surface area contributed by atoms with Gasteiger partial charge in [0, 0.05) is 44.9 Å². The van der Waals surface area contributed by atoms with Gasteiger partial charge in [0.25, 0.3) is 0 Å². The molecule has 0 spiro atoms. The third-order valence-electron chi connectivity index (χ3n) is 3.74. The second kappa shape index (κ2) is 5.69. The number of aryl methyl sites for hydroxylation is 2. The Morgan fingerprint density at radius 2 is 2.38 bits per heavy atom. The van der Waals surface area contributed by atoms with Gasteiger partial charge in [-0.05, 0) is 13.3 Å². The average Bonchev–Trinajstić information content (AvgIpc) is 3.16. The number of nitrogens with one attached hydrogen (secondary N) is 1. The maximum Gasteiger partial charge on any atom is 0.231 e. The zero-order chi connectivity index (χ0) is 14.8. The van der Waals surface area contributed by atoms with E-state index < -0.39 is 0 Å². The van der Waals surface area contributed by atoms with Crippen molar-refractivity contribution in [2.45, 2.75) is 26.0 Å². The lowest BCUT2D eigenvalue weighted by atomic mass is 10.00. The molecule has 0 saturated carbocycles. The Hall–Kier alpha value is -2.15. The summed E-state index contributed by atoms with van der Waals surface area (Å²) in [6.45, 7) is 3.43. The van der Waals surface area contributed by atoms with Crippen LogP contribution in [0.4, 0.5) is 5.82 Å². The van der Waals surface area contributed by atoms with Gasteiger partial charge in [-0.3, -0.25) is 9.48 Å². The van der Waals surface area contributed by atoms with Gasteiger partial charge in [0.2, 0.25) is 5.91 Å². The number of ether oxygens (including phenoxy) is 1. The maximum absolute atomic E-state index is 12.5. The predicted molar refractivity (Wildman–Crippen MR) is 76.5 cm³/mol. The van der Waals surface area contributed by atoms with Gasteiger partial charge in [-0.1, -0.05) is 0 Å². The van der Waals surface area contributed by atoms with Crippen molar-refractivity contribution in [2.24, 2.45) is 13.0 Å². The fourth-order valence-electron chi connectivity index (χ4n) is 2.66. The number of carbonyl (C=O) groups is 1. The quantitative estimate of drug-likeness (QED) is 0.922. The van der Waals surface area contributed by atoms with Gasteiger partial charge in [0.1, 0.15) is 11.9 Å². The Morgan fingerprint density at radius 3 is 3.10 bits per heavy atom. The van der Waals surface area contributed by atoms with Crippen molar-refractivity contribution in [1.82, 2.24) is 19.3 Å². The molecular weight excluding hydrogens is 270 g/mol. The van der Waals surface area contributed by atoms with E-state index >= 15 is 0 Å². The summed E-state index contributed by atoms with van der Waals surface area (Å²) in [7, 11) is 1.81. The van der Waals surface area contributed by atoms with Gasteiger partial charge in [-0.15, -0.1) is 0 Å². The molecule has 2 aromatic rings. The molecule has 1 aliphatic rings. The molecule has 1 amide bonds. The minimum atomic E-state index is -0.288. The molecule has 112 valence electrons. The van der Waals surface area contributed by atoms with Crippen molar-refractivity contribution in [3.63, 3.8) is 0 Å².